The molecule has 1 aliphatic rings. The molecule has 2 amide bonds. The van der Waals surface area contributed by atoms with Gasteiger partial charge >= 0.3 is 6.09 Å². The molecular weight excluding hydrogens is 296 g/mol. The molecule has 0 aromatic heterocycles. The van der Waals surface area contributed by atoms with Gasteiger partial charge in [0.25, 0.3) is 5.91 Å². The van der Waals surface area contributed by atoms with Crippen molar-refractivity contribution in [1.29, 1.82) is 0 Å². The Hall–Kier alpha value is -1.95. The summed E-state index contributed by atoms with van der Waals surface area (Å²) in [5, 5.41) is 5.63. The van der Waals surface area contributed by atoms with Crippen molar-refractivity contribution >= 4 is 29.3 Å². The summed E-state index contributed by atoms with van der Waals surface area (Å²) >= 11 is 5.87. The van der Waals surface area contributed by atoms with Gasteiger partial charge in [-0.3, -0.25) is 4.79 Å². The molecule has 1 aliphatic heterocycles. The predicted molar refractivity (Wildman–Crippen MR) is 78.7 cm³/mol. The van der Waals surface area contributed by atoms with Crippen molar-refractivity contribution in [1.82, 2.24) is 5.32 Å². The fraction of sp³-hybridized carbons (Fsp3) is 0.429. The number of amides is 2. The lowest BCUT2D eigenvalue weighted by Crippen LogP contribution is -2.48. The Morgan fingerprint density at radius 2 is 2.19 bits per heavy atom. The summed E-state index contributed by atoms with van der Waals surface area (Å²) < 4.78 is 10.6. The smallest absolute Gasteiger partial charge is 0.408 e. The van der Waals surface area contributed by atoms with Crippen LogP contribution in [0.2, 0.25) is 5.02 Å². The van der Waals surface area contributed by atoms with Gasteiger partial charge in [-0.15, -0.1) is 0 Å². The van der Waals surface area contributed by atoms with E-state index in [2.05, 4.69) is 10.6 Å². The van der Waals surface area contributed by atoms with E-state index < -0.39 is 17.7 Å². The summed E-state index contributed by atoms with van der Waals surface area (Å²) in [7, 11) is 0. The van der Waals surface area contributed by atoms with E-state index in [1.807, 2.05) is 0 Å². The zero-order chi connectivity index (χ0) is 15.6. The van der Waals surface area contributed by atoms with Crippen molar-refractivity contribution in [2.45, 2.75) is 32.4 Å². The zero-order valence-corrected chi connectivity index (χ0v) is 12.8. The van der Waals surface area contributed by atoms with E-state index in [1.54, 1.807) is 39.0 Å². The fourth-order valence-electron chi connectivity index (χ4n) is 1.75. The third kappa shape index (κ3) is 4.26. The van der Waals surface area contributed by atoms with E-state index in [4.69, 9.17) is 21.1 Å². The molecule has 0 fully saturated rings. The van der Waals surface area contributed by atoms with Gasteiger partial charge in [-0.2, -0.15) is 0 Å². The molecule has 1 heterocycles. The summed E-state index contributed by atoms with van der Waals surface area (Å²) in [5.74, 6) is 0.114. The van der Waals surface area contributed by atoms with E-state index in [-0.39, 0.29) is 12.5 Å². The molecule has 0 spiro atoms. The lowest BCUT2D eigenvalue weighted by molar-refractivity contribution is -0.118. The molecule has 0 saturated carbocycles. The summed E-state index contributed by atoms with van der Waals surface area (Å²) in [4.78, 5) is 23.8. The predicted octanol–water partition coefficient (Wildman–Crippen LogP) is 2.56. The van der Waals surface area contributed by atoms with Gasteiger partial charge in [0, 0.05) is 5.02 Å². The number of anilines is 1. The number of carbonyl (C=O) groups is 2. The molecule has 7 heteroatoms. The second kappa shape index (κ2) is 5.81. The van der Waals surface area contributed by atoms with Crippen LogP contribution in [0.1, 0.15) is 20.8 Å². The SMILES string of the molecule is CC(C)(C)OC(=O)NC1COc2ccc(Cl)cc2NC1=O. The number of benzene rings is 1. The van der Waals surface area contributed by atoms with Crippen LogP contribution in [0.5, 0.6) is 5.75 Å². The molecule has 2 N–H and O–H groups in total. The molecule has 21 heavy (non-hydrogen) atoms. The number of hydrogen-bond donors (Lipinski definition) is 2. The Morgan fingerprint density at radius 1 is 1.48 bits per heavy atom. The highest BCUT2D eigenvalue weighted by atomic mass is 35.5. The van der Waals surface area contributed by atoms with Gasteiger partial charge in [0.1, 0.15) is 24.0 Å². The second-order valence-electron chi connectivity index (χ2n) is 5.64. The third-order valence-corrected chi connectivity index (χ3v) is 2.85. The highest BCUT2D eigenvalue weighted by molar-refractivity contribution is 6.31. The van der Waals surface area contributed by atoms with Crippen molar-refractivity contribution in [3.63, 3.8) is 0 Å². The summed E-state index contributed by atoms with van der Waals surface area (Å²) in [6.07, 6.45) is -0.671. The highest BCUT2D eigenvalue weighted by Crippen LogP contribution is 2.29. The van der Waals surface area contributed by atoms with Gasteiger partial charge in [0.2, 0.25) is 0 Å². The second-order valence-corrected chi connectivity index (χ2v) is 6.08. The molecule has 1 unspecified atom stereocenters. The van der Waals surface area contributed by atoms with Crippen LogP contribution in [0.4, 0.5) is 10.5 Å². The molecule has 6 nitrogen and oxygen atoms in total. The molecule has 1 atom stereocenters. The van der Waals surface area contributed by atoms with Gasteiger partial charge in [0.15, 0.2) is 0 Å². The number of ether oxygens (including phenoxy) is 2. The average molecular weight is 313 g/mol. The highest BCUT2D eigenvalue weighted by Gasteiger charge is 2.28. The lowest BCUT2D eigenvalue weighted by Gasteiger charge is -2.22. The molecule has 1 aromatic carbocycles. The maximum atomic E-state index is 12.1. The number of nitrogens with one attached hydrogen (secondary N) is 2. The monoisotopic (exact) mass is 312 g/mol. The van der Waals surface area contributed by atoms with E-state index in [9.17, 15) is 9.59 Å². The first-order valence-corrected chi connectivity index (χ1v) is 6.85. The van der Waals surface area contributed by atoms with E-state index in [0.717, 1.165) is 0 Å². The Kier molecular flexibility index (Phi) is 4.27. The molecule has 1 aromatic rings. The number of alkyl carbamates (subject to hydrolysis) is 1. The third-order valence-electron chi connectivity index (χ3n) is 2.61. The van der Waals surface area contributed by atoms with Gasteiger partial charge in [0.05, 0.1) is 5.69 Å². The minimum atomic E-state index is -0.842. The Morgan fingerprint density at radius 3 is 2.86 bits per heavy atom. The van der Waals surface area contributed by atoms with Crippen molar-refractivity contribution in [3.8, 4) is 5.75 Å². The van der Waals surface area contributed by atoms with Crippen molar-refractivity contribution in [2.75, 3.05) is 11.9 Å². The maximum Gasteiger partial charge on any atom is 0.408 e. The molecule has 0 bridgehead atoms. The van der Waals surface area contributed by atoms with Crippen LogP contribution in [-0.2, 0) is 9.53 Å². The minimum Gasteiger partial charge on any atom is -0.489 e. The number of hydrogen-bond acceptors (Lipinski definition) is 4. The van der Waals surface area contributed by atoms with Crippen molar-refractivity contribution in [3.05, 3.63) is 23.2 Å². The molecule has 114 valence electrons. The first kappa shape index (κ1) is 15.4. The van der Waals surface area contributed by atoms with Crippen LogP contribution in [0.25, 0.3) is 0 Å². The van der Waals surface area contributed by atoms with Gasteiger partial charge < -0.3 is 20.1 Å². The fourth-order valence-corrected chi connectivity index (χ4v) is 1.92. The van der Waals surface area contributed by atoms with E-state index >= 15 is 0 Å². The molecule has 2 rings (SSSR count). The van der Waals surface area contributed by atoms with Crippen molar-refractivity contribution in [2.24, 2.45) is 0 Å². The normalized spacial score (nSPS) is 17.9. The maximum absolute atomic E-state index is 12.1. The van der Waals surface area contributed by atoms with Gasteiger partial charge in [-0.05, 0) is 39.0 Å². The molecule has 0 saturated heterocycles. The van der Waals surface area contributed by atoms with Crippen LogP contribution in [-0.4, -0.2) is 30.3 Å². The first-order chi connectivity index (χ1) is 9.74. The Balaban J connectivity index is 2.05. The topological polar surface area (TPSA) is 76.7 Å². The average Bonchev–Trinajstić information content (AvgIpc) is 2.47. The quantitative estimate of drug-likeness (QED) is 0.835. The van der Waals surface area contributed by atoms with Gasteiger partial charge in [-0.1, -0.05) is 11.6 Å². The Labute approximate surface area is 127 Å². The van der Waals surface area contributed by atoms with Crippen LogP contribution >= 0.6 is 11.6 Å². The minimum absolute atomic E-state index is 0.0136. The lowest BCUT2D eigenvalue weighted by atomic mass is 10.2. The first-order valence-electron chi connectivity index (χ1n) is 6.47. The molecular formula is C14H17ClN2O4. The number of carbonyl (C=O) groups excluding carboxylic acids is 2. The summed E-state index contributed by atoms with van der Waals surface area (Å²) in [6, 6.07) is 4.07. The van der Waals surface area contributed by atoms with Crippen LogP contribution in [0.3, 0.4) is 0 Å². The van der Waals surface area contributed by atoms with E-state index in [1.165, 1.54) is 0 Å². The summed E-state index contributed by atoms with van der Waals surface area (Å²) in [5.41, 5.74) is -0.163. The van der Waals surface area contributed by atoms with Crippen LogP contribution < -0.4 is 15.4 Å². The van der Waals surface area contributed by atoms with Crippen LogP contribution in [0, 0.1) is 0 Å². The standard InChI is InChI=1S/C14H17ClN2O4/c1-14(2,3)21-13(19)17-10-7-20-11-5-4-8(15)6-9(11)16-12(10)18/h4-6,10H,7H2,1-3H3,(H,16,18)(H,17,19). The molecule has 0 aliphatic carbocycles. The molecule has 0 radical (unpaired) electrons. The number of rotatable bonds is 1. The number of fused-ring (bicyclic) bond motifs is 1. The summed E-state index contributed by atoms with van der Waals surface area (Å²) in [6.45, 7) is 5.25. The zero-order valence-electron chi connectivity index (χ0n) is 12.0. The Bertz CT molecular complexity index is 569. The number of halogens is 1. The largest absolute Gasteiger partial charge is 0.489 e. The van der Waals surface area contributed by atoms with E-state index in [0.29, 0.717) is 16.5 Å². The van der Waals surface area contributed by atoms with Crippen LogP contribution in [0.15, 0.2) is 18.2 Å². The van der Waals surface area contributed by atoms with Gasteiger partial charge in [-0.25, -0.2) is 4.79 Å². The van der Waals surface area contributed by atoms with Crippen molar-refractivity contribution < 1.29 is 19.1 Å².